The van der Waals surface area contributed by atoms with Gasteiger partial charge in [0.2, 0.25) is 0 Å². The van der Waals surface area contributed by atoms with Crippen molar-refractivity contribution in [3.63, 3.8) is 0 Å². The SMILES string of the molecule is [N-]=[N+]=CC(=O)OCC1CO1. The van der Waals surface area contributed by atoms with Crippen LogP contribution in [0.3, 0.4) is 0 Å². The van der Waals surface area contributed by atoms with E-state index in [0.717, 1.165) is 0 Å². The molecule has 10 heavy (non-hydrogen) atoms. The van der Waals surface area contributed by atoms with Gasteiger partial charge < -0.3 is 15.0 Å². The zero-order valence-corrected chi connectivity index (χ0v) is 5.19. The minimum absolute atomic E-state index is 0.0519. The Morgan fingerprint density at radius 3 is 3.20 bits per heavy atom. The average Bonchev–Trinajstić information content (AvgIpc) is 2.67. The molecule has 0 saturated carbocycles. The van der Waals surface area contributed by atoms with E-state index >= 15 is 0 Å². The van der Waals surface area contributed by atoms with Gasteiger partial charge in [-0.1, -0.05) is 0 Å². The maximum absolute atomic E-state index is 10.4. The van der Waals surface area contributed by atoms with E-state index in [9.17, 15) is 4.79 Å². The highest BCUT2D eigenvalue weighted by Gasteiger charge is 2.24. The van der Waals surface area contributed by atoms with E-state index in [0.29, 0.717) is 12.8 Å². The van der Waals surface area contributed by atoms with Crippen LogP contribution in [0.5, 0.6) is 0 Å². The number of hydrogen-bond acceptors (Lipinski definition) is 3. The lowest BCUT2D eigenvalue weighted by molar-refractivity contribution is -0.139. The second-order valence-corrected chi connectivity index (χ2v) is 1.83. The summed E-state index contributed by atoms with van der Waals surface area (Å²) in [6.45, 7) is 0.883. The third-order valence-corrected chi connectivity index (χ3v) is 0.977. The summed E-state index contributed by atoms with van der Waals surface area (Å²) < 4.78 is 9.29. The van der Waals surface area contributed by atoms with Gasteiger partial charge in [0.25, 0.3) is 0 Å². The van der Waals surface area contributed by atoms with Gasteiger partial charge in [0.05, 0.1) is 6.61 Å². The summed E-state index contributed by atoms with van der Waals surface area (Å²) in [7, 11) is 0. The van der Waals surface area contributed by atoms with Crippen molar-refractivity contribution in [1.29, 1.82) is 0 Å². The van der Waals surface area contributed by atoms with E-state index in [1.54, 1.807) is 0 Å². The minimum atomic E-state index is -0.655. The van der Waals surface area contributed by atoms with Crippen LogP contribution in [0.15, 0.2) is 0 Å². The van der Waals surface area contributed by atoms with Crippen LogP contribution in [-0.4, -0.2) is 36.3 Å². The maximum atomic E-state index is 10.4. The van der Waals surface area contributed by atoms with Gasteiger partial charge in [0, 0.05) is 0 Å². The van der Waals surface area contributed by atoms with Crippen LogP contribution < -0.4 is 0 Å². The molecule has 0 bridgehead atoms. The van der Waals surface area contributed by atoms with E-state index in [-0.39, 0.29) is 12.7 Å². The van der Waals surface area contributed by atoms with Crippen LogP contribution in [0.2, 0.25) is 0 Å². The molecule has 1 rings (SSSR count). The Kier molecular flexibility index (Phi) is 2.15. The lowest BCUT2D eigenvalue weighted by atomic mass is 10.5. The Balaban J connectivity index is 2.10. The molecule has 1 fully saturated rings. The fourth-order valence-electron chi connectivity index (χ4n) is 0.424. The number of rotatable bonds is 3. The quantitative estimate of drug-likeness (QED) is 0.171. The summed E-state index contributed by atoms with van der Waals surface area (Å²) in [5, 5.41) is 0. The van der Waals surface area contributed by atoms with Gasteiger partial charge in [-0.25, -0.2) is 4.79 Å². The topological polar surface area (TPSA) is 75.2 Å². The number of epoxide rings is 1. The minimum Gasteiger partial charge on any atom is -0.454 e. The van der Waals surface area contributed by atoms with E-state index < -0.39 is 5.97 Å². The highest BCUT2D eigenvalue weighted by molar-refractivity contribution is 6.20. The summed E-state index contributed by atoms with van der Waals surface area (Å²) in [4.78, 5) is 12.9. The van der Waals surface area contributed by atoms with Gasteiger partial charge >= 0.3 is 12.2 Å². The van der Waals surface area contributed by atoms with Crippen molar-refractivity contribution in [1.82, 2.24) is 0 Å². The van der Waals surface area contributed by atoms with Crippen molar-refractivity contribution >= 4 is 12.2 Å². The molecule has 1 saturated heterocycles. The Labute approximate surface area is 57.2 Å². The van der Waals surface area contributed by atoms with Crippen LogP contribution in [0.25, 0.3) is 5.53 Å². The van der Waals surface area contributed by atoms with Crippen LogP contribution in [0.1, 0.15) is 0 Å². The lowest BCUT2D eigenvalue weighted by Gasteiger charge is -1.91. The zero-order chi connectivity index (χ0) is 7.40. The summed E-state index contributed by atoms with van der Waals surface area (Å²) in [6.07, 6.45) is 0.749. The highest BCUT2D eigenvalue weighted by Crippen LogP contribution is 2.07. The predicted molar refractivity (Wildman–Crippen MR) is 30.4 cm³/mol. The van der Waals surface area contributed by atoms with E-state index in [4.69, 9.17) is 10.3 Å². The molecule has 5 heteroatoms. The Hall–Kier alpha value is -1.19. The van der Waals surface area contributed by atoms with Crippen molar-refractivity contribution in [3.8, 4) is 0 Å². The van der Waals surface area contributed by atoms with Crippen LogP contribution in [0, 0.1) is 0 Å². The van der Waals surface area contributed by atoms with Gasteiger partial charge in [0.15, 0.2) is 0 Å². The largest absolute Gasteiger partial charge is 0.454 e. The van der Waals surface area contributed by atoms with Crippen molar-refractivity contribution < 1.29 is 19.1 Å². The molecule has 54 valence electrons. The number of ether oxygens (including phenoxy) is 2. The number of carbonyl (C=O) groups excluding carboxylic acids is 1. The molecule has 0 radical (unpaired) electrons. The fraction of sp³-hybridized carbons (Fsp3) is 0.600. The molecule has 1 heterocycles. The first-order chi connectivity index (χ1) is 4.83. The predicted octanol–water partition coefficient (Wildman–Crippen LogP) is -0.771. The van der Waals surface area contributed by atoms with E-state index in [2.05, 4.69) is 9.53 Å². The van der Waals surface area contributed by atoms with Crippen molar-refractivity contribution in [2.24, 2.45) is 0 Å². The summed E-state index contributed by atoms with van der Waals surface area (Å²) in [6, 6.07) is 0. The number of carbonyl (C=O) groups is 1. The summed E-state index contributed by atoms with van der Waals surface area (Å²) >= 11 is 0. The van der Waals surface area contributed by atoms with Gasteiger partial charge in [-0.05, 0) is 0 Å². The zero-order valence-electron chi connectivity index (χ0n) is 5.19. The second-order valence-electron chi connectivity index (χ2n) is 1.83. The van der Waals surface area contributed by atoms with Crippen molar-refractivity contribution in [2.75, 3.05) is 13.2 Å². The molecular weight excluding hydrogens is 136 g/mol. The Morgan fingerprint density at radius 1 is 2.00 bits per heavy atom. The Bertz CT molecular complexity index is 181. The van der Waals surface area contributed by atoms with E-state index in [1.807, 2.05) is 0 Å². The number of hydrogen-bond donors (Lipinski definition) is 0. The molecule has 0 spiro atoms. The standard InChI is InChI=1S/C5H6N2O3/c6-7-1-5(8)10-3-4-2-9-4/h1,4H,2-3H2. The van der Waals surface area contributed by atoms with Gasteiger partial charge in [-0.15, -0.1) is 0 Å². The smallest absolute Gasteiger partial charge is 0.413 e. The first-order valence-corrected chi connectivity index (χ1v) is 2.78. The first-order valence-electron chi connectivity index (χ1n) is 2.78. The normalized spacial score (nSPS) is 21.0. The van der Waals surface area contributed by atoms with Gasteiger partial charge in [0.1, 0.15) is 12.7 Å². The van der Waals surface area contributed by atoms with Gasteiger partial charge in [-0.2, -0.15) is 4.79 Å². The molecule has 0 aliphatic carbocycles. The monoisotopic (exact) mass is 142 g/mol. The average molecular weight is 142 g/mol. The van der Waals surface area contributed by atoms with Crippen LogP contribution >= 0.6 is 0 Å². The molecule has 1 aliphatic heterocycles. The van der Waals surface area contributed by atoms with Crippen LogP contribution in [0.4, 0.5) is 0 Å². The molecule has 0 aromatic heterocycles. The maximum Gasteiger partial charge on any atom is 0.413 e. The van der Waals surface area contributed by atoms with Gasteiger partial charge in [-0.3, -0.25) is 0 Å². The molecule has 0 aromatic carbocycles. The number of esters is 1. The van der Waals surface area contributed by atoms with Crippen molar-refractivity contribution in [3.05, 3.63) is 5.53 Å². The molecule has 0 aromatic rings. The molecule has 5 nitrogen and oxygen atoms in total. The summed E-state index contributed by atoms with van der Waals surface area (Å²) in [5.74, 6) is -0.655. The third-order valence-electron chi connectivity index (χ3n) is 0.977. The van der Waals surface area contributed by atoms with E-state index in [1.165, 1.54) is 0 Å². The summed E-state index contributed by atoms with van der Waals surface area (Å²) in [5.41, 5.74) is 7.85. The highest BCUT2D eigenvalue weighted by atomic mass is 16.6. The molecule has 1 unspecified atom stereocenters. The molecular formula is C5H6N2O3. The third kappa shape index (κ3) is 2.39. The molecule has 1 aliphatic rings. The molecule has 1 atom stereocenters. The molecule has 0 amide bonds. The van der Waals surface area contributed by atoms with Crippen LogP contribution in [-0.2, 0) is 14.3 Å². The lowest BCUT2D eigenvalue weighted by Crippen LogP contribution is -2.10. The molecule has 0 N–H and O–H groups in total. The second kappa shape index (κ2) is 3.10. The fourth-order valence-corrected chi connectivity index (χ4v) is 0.424. The van der Waals surface area contributed by atoms with Crippen molar-refractivity contribution in [2.45, 2.75) is 6.10 Å². The first kappa shape index (κ1) is 6.92. The number of nitrogens with zero attached hydrogens (tertiary/aromatic N) is 2. The Morgan fingerprint density at radius 2 is 2.70 bits per heavy atom.